The second-order valence-corrected chi connectivity index (χ2v) is 8.21. The Balaban J connectivity index is 5.03. The molecule has 0 bridgehead atoms. The Hall–Kier alpha value is 0. The molecule has 0 aliphatic carbocycles. The maximum absolute atomic E-state index is 2.49. The molecule has 0 nitrogen and oxygen atoms in total. The van der Waals surface area contributed by atoms with Gasteiger partial charge in [0.15, 0.2) is 0 Å². The van der Waals surface area contributed by atoms with E-state index in [-0.39, 0.29) is 0 Å². The zero-order valence-electron chi connectivity index (χ0n) is 15.1. The van der Waals surface area contributed by atoms with E-state index in [1.807, 2.05) is 0 Å². The molecule has 0 aliphatic heterocycles. The largest absolute Gasteiger partial charge is 0.0654 e. The third-order valence-corrected chi connectivity index (χ3v) is 5.23. The molecule has 0 N–H and O–H groups in total. The predicted molar refractivity (Wildman–Crippen MR) is 89.6 cm³/mol. The van der Waals surface area contributed by atoms with Crippen molar-refractivity contribution in [2.24, 2.45) is 22.7 Å². The summed E-state index contributed by atoms with van der Waals surface area (Å²) in [6, 6.07) is 0. The van der Waals surface area contributed by atoms with Gasteiger partial charge in [0.1, 0.15) is 0 Å². The first-order valence-electron chi connectivity index (χ1n) is 8.70. The summed E-state index contributed by atoms with van der Waals surface area (Å²) < 4.78 is 0. The Morgan fingerprint density at radius 3 is 1.63 bits per heavy atom. The molecule has 116 valence electrons. The van der Waals surface area contributed by atoms with Crippen molar-refractivity contribution in [3.05, 3.63) is 0 Å². The van der Waals surface area contributed by atoms with Crippen LogP contribution in [0, 0.1) is 22.7 Å². The monoisotopic (exact) mass is 268 g/mol. The van der Waals surface area contributed by atoms with Crippen LogP contribution in [0.1, 0.15) is 100 Å². The van der Waals surface area contributed by atoms with Gasteiger partial charge in [0.25, 0.3) is 0 Å². The first kappa shape index (κ1) is 19.0. The summed E-state index contributed by atoms with van der Waals surface area (Å²) in [5.74, 6) is 1.74. The van der Waals surface area contributed by atoms with Crippen LogP contribution in [0.5, 0.6) is 0 Å². The normalized spacial score (nSPS) is 16.4. The summed E-state index contributed by atoms with van der Waals surface area (Å²) in [7, 11) is 0. The fraction of sp³-hybridized carbons (Fsp3) is 1.00. The summed E-state index contributed by atoms with van der Waals surface area (Å²) in [6.45, 7) is 19.4. The third-order valence-electron chi connectivity index (χ3n) is 5.23. The zero-order valence-corrected chi connectivity index (χ0v) is 15.1. The lowest BCUT2D eigenvalue weighted by Crippen LogP contribution is -2.37. The smallest absolute Gasteiger partial charge is 0.0326 e. The Kier molecular flexibility index (Phi) is 8.32. The van der Waals surface area contributed by atoms with Crippen LogP contribution in [0.4, 0.5) is 0 Å². The zero-order chi connectivity index (χ0) is 15.1. The molecule has 0 heteroatoms. The average Bonchev–Trinajstić information content (AvgIpc) is 2.31. The van der Waals surface area contributed by atoms with Gasteiger partial charge in [0.05, 0.1) is 0 Å². The molecule has 0 fully saturated rings. The number of rotatable bonds is 9. The first-order valence-corrected chi connectivity index (χ1v) is 8.70. The first-order chi connectivity index (χ1) is 8.70. The molecule has 0 amide bonds. The minimum Gasteiger partial charge on any atom is -0.0654 e. The molecule has 0 rings (SSSR count). The molecule has 0 saturated carbocycles. The van der Waals surface area contributed by atoms with E-state index in [4.69, 9.17) is 0 Å². The van der Waals surface area contributed by atoms with Crippen LogP contribution in [0.3, 0.4) is 0 Å². The van der Waals surface area contributed by atoms with Crippen LogP contribution in [-0.4, -0.2) is 0 Å². The van der Waals surface area contributed by atoms with Crippen molar-refractivity contribution in [1.82, 2.24) is 0 Å². The van der Waals surface area contributed by atoms with Crippen molar-refractivity contribution in [3.8, 4) is 0 Å². The van der Waals surface area contributed by atoms with Crippen molar-refractivity contribution in [2.45, 2.75) is 100 Å². The van der Waals surface area contributed by atoms with E-state index in [9.17, 15) is 0 Å². The lowest BCUT2D eigenvalue weighted by Gasteiger charge is -2.45. The molecule has 0 radical (unpaired) electrons. The summed E-state index contributed by atoms with van der Waals surface area (Å²) in [5.41, 5.74) is 0.931. The second kappa shape index (κ2) is 8.32. The topological polar surface area (TPSA) is 0 Å². The van der Waals surface area contributed by atoms with E-state index in [0.29, 0.717) is 10.8 Å². The molecule has 0 spiro atoms. The van der Waals surface area contributed by atoms with Gasteiger partial charge in [-0.1, -0.05) is 87.5 Å². The highest BCUT2D eigenvalue weighted by Gasteiger charge is 2.38. The van der Waals surface area contributed by atoms with Crippen LogP contribution in [0.2, 0.25) is 0 Å². The van der Waals surface area contributed by atoms with E-state index in [2.05, 4.69) is 55.4 Å². The van der Waals surface area contributed by atoms with Crippen LogP contribution in [0.15, 0.2) is 0 Å². The lowest BCUT2D eigenvalue weighted by atomic mass is 9.60. The van der Waals surface area contributed by atoms with Gasteiger partial charge in [-0.15, -0.1) is 0 Å². The summed E-state index contributed by atoms with van der Waals surface area (Å²) in [5, 5.41) is 0. The van der Waals surface area contributed by atoms with Crippen molar-refractivity contribution in [3.63, 3.8) is 0 Å². The van der Waals surface area contributed by atoms with E-state index in [1.54, 1.807) is 0 Å². The summed E-state index contributed by atoms with van der Waals surface area (Å²) in [4.78, 5) is 0. The molecule has 0 aromatic rings. The van der Waals surface area contributed by atoms with E-state index in [1.165, 1.54) is 44.9 Å². The highest BCUT2D eigenvalue weighted by molar-refractivity contribution is 4.88. The summed E-state index contributed by atoms with van der Waals surface area (Å²) >= 11 is 0. The molecule has 0 saturated heterocycles. The standard InChI is InChI=1S/C19H40/c1-9-12-13-15-16(18(4,5)6)17(14-10-2)19(7,8)11-3/h16-17H,9-15H2,1-8H3. The number of hydrogen-bond acceptors (Lipinski definition) is 0. The van der Waals surface area contributed by atoms with Crippen LogP contribution < -0.4 is 0 Å². The lowest BCUT2D eigenvalue weighted by molar-refractivity contribution is 0.0419. The van der Waals surface area contributed by atoms with Gasteiger partial charge in [-0.05, 0) is 35.5 Å². The van der Waals surface area contributed by atoms with E-state index < -0.39 is 0 Å². The summed E-state index contributed by atoms with van der Waals surface area (Å²) in [6.07, 6.45) is 9.61. The molecule has 2 atom stereocenters. The molecule has 0 aromatic carbocycles. The van der Waals surface area contributed by atoms with Crippen LogP contribution in [-0.2, 0) is 0 Å². The average molecular weight is 269 g/mol. The van der Waals surface area contributed by atoms with Crippen molar-refractivity contribution in [2.75, 3.05) is 0 Å². The molecule has 0 aliphatic rings. The Morgan fingerprint density at radius 1 is 0.684 bits per heavy atom. The second-order valence-electron chi connectivity index (χ2n) is 8.21. The molecular weight excluding hydrogens is 228 g/mol. The number of hydrogen-bond donors (Lipinski definition) is 0. The van der Waals surface area contributed by atoms with Crippen molar-refractivity contribution < 1.29 is 0 Å². The third kappa shape index (κ3) is 6.32. The molecule has 0 aromatic heterocycles. The maximum atomic E-state index is 2.49. The van der Waals surface area contributed by atoms with Gasteiger partial charge < -0.3 is 0 Å². The minimum atomic E-state index is 0.444. The number of unbranched alkanes of at least 4 members (excludes halogenated alkanes) is 2. The SMILES string of the molecule is CCCCCC(C(CCC)C(C)(C)CC)C(C)(C)C. The van der Waals surface area contributed by atoms with Gasteiger partial charge in [0, 0.05) is 0 Å². The quantitative estimate of drug-likeness (QED) is 0.392. The van der Waals surface area contributed by atoms with Gasteiger partial charge >= 0.3 is 0 Å². The predicted octanol–water partition coefficient (Wildman–Crippen LogP) is 7.08. The fourth-order valence-electron chi connectivity index (χ4n) is 3.56. The molecular formula is C19H40. The van der Waals surface area contributed by atoms with Crippen molar-refractivity contribution >= 4 is 0 Å². The van der Waals surface area contributed by atoms with Gasteiger partial charge in [-0.25, -0.2) is 0 Å². The highest BCUT2D eigenvalue weighted by Crippen LogP contribution is 2.47. The highest BCUT2D eigenvalue weighted by atomic mass is 14.4. The fourth-order valence-corrected chi connectivity index (χ4v) is 3.56. The molecule has 0 heterocycles. The van der Waals surface area contributed by atoms with Gasteiger partial charge in [0.2, 0.25) is 0 Å². The Morgan fingerprint density at radius 2 is 1.26 bits per heavy atom. The van der Waals surface area contributed by atoms with E-state index >= 15 is 0 Å². The van der Waals surface area contributed by atoms with E-state index in [0.717, 1.165) is 11.8 Å². The van der Waals surface area contributed by atoms with Crippen molar-refractivity contribution in [1.29, 1.82) is 0 Å². The Bertz CT molecular complexity index is 219. The maximum Gasteiger partial charge on any atom is -0.0326 e. The molecule has 2 unspecified atom stereocenters. The molecule has 19 heavy (non-hydrogen) atoms. The van der Waals surface area contributed by atoms with Crippen LogP contribution >= 0.6 is 0 Å². The minimum absolute atomic E-state index is 0.444. The van der Waals surface area contributed by atoms with Gasteiger partial charge in [-0.3, -0.25) is 0 Å². The van der Waals surface area contributed by atoms with Gasteiger partial charge in [-0.2, -0.15) is 0 Å². The Labute approximate surface area is 123 Å². The van der Waals surface area contributed by atoms with Crippen LogP contribution in [0.25, 0.3) is 0 Å².